The number of carbonyl (C=O) groups excluding carboxylic acids is 1. The van der Waals surface area contributed by atoms with Crippen molar-refractivity contribution in [3.8, 4) is 5.75 Å². The first-order valence-electron chi connectivity index (χ1n) is 9.60. The summed E-state index contributed by atoms with van der Waals surface area (Å²) in [4.78, 5) is 15.0. The number of rotatable bonds is 7. The zero-order valence-electron chi connectivity index (χ0n) is 16.7. The smallest absolute Gasteiger partial charge is 0.255 e. The highest BCUT2D eigenvalue weighted by Crippen LogP contribution is 2.26. The Morgan fingerprint density at radius 1 is 1.17 bits per heavy atom. The van der Waals surface area contributed by atoms with Crippen molar-refractivity contribution in [1.29, 1.82) is 0 Å². The van der Waals surface area contributed by atoms with Crippen LogP contribution in [0.4, 0.5) is 11.4 Å². The third kappa shape index (κ3) is 5.95. The summed E-state index contributed by atoms with van der Waals surface area (Å²) in [6.07, 6.45) is 2.91. The lowest BCUT2D eigenvalue weighted by molar-refractivity contribution is 0.0677. The zero-order chi connectivity index (χ0) is 20.9. The predicted molar refractivity (Wildman–Crippen MR) is 114 cm³/mol. The summed E-state index contributed by atoms with van der Waals surface area (Å²) in [6, 6.07) is 14.9. The summed E-state index contributed by atoms with van der Waals surface area (Å²) in [5.41, 5.74) is 2.19. The fourth-order valence-corrected chi connectivity index (χ4v) is 4.00. The number of nitrogens with zero attached hydrogens (tertiary/aromatic N) is 1. The van der Waals surface area contributed by atoms with Crippen LogP contribution in [-0.4, -0.2) is 52.2 Å². The number of amides is 1. The largest absolute Gasteiger partial charge is 0.497 e. The monoisotopic (exact) mass is 417 g/mol. The molecule has 0 aliphatic carbocycles. The van der Waals surface area contributed by atoms with Crippen molar-refractivity contribution in [2.75, 3.05) is 38.3 Å². The number of sulfonamides is 1. The molecule has 0 aromatic heterocycles. The van der Waals surface area contributed by atoms with E-state index in [1.165, 1.54) is 0 Å². The van der Waals surface area contributed by atoms with E-state index < -0.39 is 10.0 Å². The Morgan fingerprint density at radius 2 is 1.90 bits per heavy atom. The van der Waals surface area contributed by atoms with Gasteiger partial charge in [-0.2, -0.15) is 0 Å². The van der Waals surface area contributed by atoms with Crippen LogP contribution in [0.2, 0.25) is 0 Å². The lowest BCUT2D eigenvalue weighted by Gasteiger charge is -2.33. The Labute approximate surface area is 172 Å². The van der Waals surface area contributed by atoms with Crippen LogP contribution in [0.5, 0.6) is 5.75 Å². The highest BCUT2D eigenvalue weighted by molar-refractivity contribution is 7.88. The maximum atomic E-state index is 13.2. The Morgan fingerprint density at radius 3 is 2.59 bits per heavy atom. The van der Waals surface area contributed by atoms with Gasteiger partial charge in [-0.3, -0.25) is 4.79 Å². The molecule has 0 radical (unpaired) electrons. The standard InChI is InChI=1S/C21H27N3O4S/c1-28-18-11-9-17(10-12-18)23-20-8-4-3-7-19(20)21(25)24-13-5-6-16(15-24)14-22-29(2,26)27/h3-4,7-12,16,22-23H,5-6,13-15H2,1-2H3. The first kappa shape index (κ1) is 21.1. The van der Waals surface area contributed by atoms with Gasteiger partial charge in [0.25, 0.3) is 5.91 Å². The predicted octanol–water partition coefficient (Wildman–Crippen LogP) is 2.84. The van der Waals surface area contributed by atoms with Gasteiger partial charge in [-0.25, -0.2) is 13.1 Å². The van der Waals surface area contributed by atoms with E-state index in [1.54, 1.807) is 7.11 Å². The molecular weight excluding hydrogens is 390 g/mol. The molecule has 156 valence electrons. The fourth-order valence-electron chi connectivity index (χ4n) is 3.46. The zero-order valence-corrected chi connectivity index (χ0v) is 17.5. The number of carbonyl (C=O) groups is 1. The molecule has 1 atom stereocenters. The number of para-hydroxylation sites is 1. The Kier molecular flexibility index (Phi) is 6.76. The Bertz CT molecular complexity index is 945. The van der Waals surface area contributed by atoms with Crippen molar-refractivity contribution in [2.24, 2.45) is 5.92 Å². The molecule has 2 aromatic carbocycles. The number of hydrogen-bond acceptors (Lipinski definition) is 5. The van der Waals surface area contributed by atoms with Gasteiger partial charge in [0.1, 0.15) is 5.75 Å². The number of benzene rings is 2. The average molecular weight is 418 g/mol. The maximum absolute atomic E-state index is 13.2. The highest BCUT2D eigenvalue weighted by Gasteiger charge is 2.26. The molecule has 0 bridgehead atoms. The van der Waals surface area contributed by atoms with Crippen LogP contribution in [0, 0.1) is 5.92 Å². The molecule has 1 aliphatic rings. The van der Waals surface area contributed by atoms with Crippen molar-refractivity contribution in [3.63, 3.8) is 0 Å². The van der Waals surface area contributed by atoms with Crippen LogP contribution in [0.25, 0.3) is 0 Å². The van der Waals surface area contributed by atoms with E-state index in [0.29, 0.717) is 25.2 Å². The molecule has 7 nitrogen and oxygen atoms in total. The summed E-state index contributed by atoms with van der Waals surface area (Å²) in [5.74, 6) is 0.830. The molecule has 1 unspecified atom stereocenters. The number of anilines is 2. The Hall–Kier alpha value is -2.58. The lowest BCUT2D eigenvalue weighted by Crippen LogP contribution is -2.43. The summed E-state index contributed by atoms with van der Waals surface area (Å²) in [6.45, 7) is 1.57. The van der Waals surface area contributed by atoms with Gasteiger partial charge in [-0.05, 0) is 55.2 Å². The molecule has 2 N–H and O–H groups in total. The Balaban J connectivity index is 1.71. The van der Waals surface area contributed by atoms with Gasteiger partial charge in [0.2, 0.25) is 10.0 Å². The van der Waals surface area contributed by atoms with E-state index in [2.05, 4.69) is 10.0 Å². The molecule has 1 saturated heterocycles. The maximum Gasteiger partial charge on any atom is 0.255 e. The molecular formula is C21H27N3O4S. The summed E-state index contributed by atoms with van der Waals surface area (Å²) < 4.78 is 30.5. The first-order valence-corrected chi connectivity index (χ1v) is 11.5. The molecule has 2 aromatic rings. The van der Waals surface area contributed by atoms with Gasteiger partial charge in [-0.15, -0.1) is 0 Å². The topological polar surface area (TPSA) is 87.7 Å². The van der Waals surface area contributed by atoms with E-state index in [1.807, 2.05) is 53.4 Å². The highest BCUT2D eigenvalue weighted by atomic mass is 32.2. The number of hydrogen-bond donors (Lipinski definition) is 2. The number of ether oxygens (including phenoxy) is 1. The molecule has 1 heterocycles. The van der Waals surface area contributed by atoms with Gasteiger partial charge in [0, 0.05) is 25.3 Å². The van der Waals surface area contributed by atoms with Crippen molar-refractivity contribution in [2.45, 2.75) is 12.8 Å². The summed E-state index contributed by atoms with van der Waals surface area (Å²) >= 11 is 0. The number of methoxy groups -OCH3 is 1. The van der Waals surface area contributed by atoms with Gasteiger partial charge in [0.05, 0.1) is 24.6 Å². The second-order valence-corrected chi connectivity index (χ2v) is 9.11. The van der Waals surface area contributed by atoms with E-state index in [0.717, 1.165) is 36.2 Å². The van der Waals surface area contributed by atoms with E-state index in [4.69, 9.17) is 4.74 Å². The SMILES string of the molecule is COc1ccc(Nc2ccccc2C(=O)N2CCCC(CNS(C)(=O)=O)C2)cc1. The molecule has 1 fully saturated rings. The normalized spacial score (nSPS) is 17.0. The van der Waals surface area contributed by atoms with Crippen LogP contribution in [-0.2, 0) is 10.0 Å². The summed E-state index contributed by atoms with van der Waals surface area (Å²) in [5, 5.41) is 3.31. The molecule has 1 aliphatic heterocycles. The second kappa shape index (κ2) is 9.28. The minimum atomic E-state index is -3.23. The van der Waals surface area contributed by atoms with Crippen molar-refractivity contribution >= 4 is 27.3 Å². The number of nitrogens with one attached hydrogen (secondary N) is 2. The van der Waals surface area contributed by atoms with Crippen LogP contribution < -0.4 is 14.8 Å². The molecule has 0 spiro atoms. The van der Waals surface area contributed by atoms with E-state index >= 15 is 0 Å². The number of likely N-dealkylation sites (tertiary alicyclic amines) is 1. The van der Waals surface area contributed by atoms with Crippen LogP contribution >= 0.6 is 0 Å². The molecule has 29 heavy (non-hydrogen) atoms. The molecule has 0 saturated carbocycles. The van der Waals surface area contributed by atoms with E-state index in [-0.39, 0.29) is 11.8 Å². The second-order valence-electron chi connectivity index (χ2n) is 7.28. The fraction of sp³-hybridized carbons (Fsp3) is 0.381. The first-order chi connectivity index (χ1) is 13.9. The van der Waals surface area contributed by atoms with Gasteiger partial charge in [-0.1, -0.05) is 12.1 Å². The third-order valence-electron chi connectivity index (χ3n) is 4.97. The van der Waals surface area contributed by atoms with Gasteiger partial charge >= 0.3 is 0 Å². The quantitative estimate of drug-likeness (QED) is 0.723. The van der Waals surface area contributed by atoms with Crippen molar-refractivity contribution in [1.82, 2.24) is 9.62 Å². The average Bonchev–Trinajstić information content (AvgIpc) is 2.72. The van der Waals surface area contributed by atoms with Gasteiger partial charge < -0.3 is 15.0 Å². The van der Waals surface area contributed by atoms with Crippen LogP contribution in [0.1, 0.15) is 23.2 Å². The molecule has 8 heteroatoms. The molecule has 3 rings (SSSR count). The van der Waals surface area contributed by atoms with Crippen molar-refractivity contribution < 1.29 is 17.9 Å². The number of piperidine rings is 1. The van der Waals surface area contributed by atoms with Crippen LogP contribution in [0.15, 0.2) is 48.5 Å². The third-order valence-corrected chi connectivity index (χ3v) is 5.66. The lowest BCUT2D eigenvalue weighted by atomic mass is 9.97. The van der Waals surface area contributed by atoms with Crippen LogP contribution in [0.3, 0.4) is 0 Å². The van der Waals surface area contributed by atoms with E-state index in [9.17, 15) is 13.2 Å². The minimum absolute atomic E-state index is 0.0503. The molecule has 1 amide bonds. The minimum Gasteiger partial charge on any atom is -0.497 e. The van der Waals surface area contributed by atoms with Gasteiger partial charge in [0.15, 0.2) is 0 Å². The summed E-state index contributed by atoms with van der Waals surface area (Å²) in [7, 11) is -1.61. The van der Waals surface area contributed by atoms with Crippen molar-refractivity contribution in [3.05, 3.63) is 54.1 Å².